The second-order valence-electron chi connectivity index (χ2n) is 15.7. The van der Waals surface area contributed by atoms with Crippen LogP contribution in [-0.4, -0.2) is 28.4 Å². The molecule has 0 atom stereocenters. The number of hydrogen-bond donors (Lipinski definition) is 0. The van der Waals surface area contributed by atoms with Crippen LogP contribution in [0.25, 0.3) is 0 Å². The van der Waals surface area contributed by atoms with Crippen LogP contribution in [0.5, 0.6) is 23.0 Å². The zero-order valence-corrected chi connectivity index (χ0v) is 31.6. The first kappa shape index (κ1) is 34.5. The minimum absolute atomic E-state index is 0.0207. The zero-order chi connectivity index (χ0) is 35.3. The Morgan fingerprint density at radius 3 is 0.720 bits per heavy atom. The van der Waals surface area contributed by atoms with E-state index >= 15 is 0 Å². The van der Waals surface area contributed by atoms with Gasteiger partial charge in [0.25, 0.3) is 0 Å². The second-order valence-corrected chi connectivity index (χ2v) is 15.7. The first-order valence-corrected chi connectivity index (χ1v) is 18.9. The maximum Gasteiger partial charge on any atom is 0.119 e. The highest BCUT2D eigenvalue weighted by Gasteiger charge is 2.70. The molecule has 4 saturated carbocycles. The Bertz CT molecular complexity index is 1580. The molecule has 4 aliphatic rings. The van der Waals surface area contributed by atoms with Gasteiger partial charge in [-0.15, -0.1) is 0 Å². The smallest absolute Gasteiger partial charge is 0.119 e. The van der Waals surface area contributed by atoms with Gasteiger partial charge in [0.1, 0.15) is 23.0 Å². The lowest BCUT2D eigenvalue weighted by Crippen LogP contribution is -2.67. The molecule has 4 aromatic rings. The van der Waals surface area contributed by atoms with Crippen molar-refractivity contribution in [3.63, 3.8) is 0 Å². The summed E-state index contributed by atoms with van der Waals surface area (Å²) in [6.07, 6.45) is 10.8. The highest BCUT2D eigenvalue weighted by atomic mass is 16.5. The topological polar surface area (TPSA) is 36.9 Å². The minimum Gasteiger partial charge on any atom is -0.497 e. The summed E-state index contributed by atoms with van der Waals surface area (Å²) in [6.45, 7) is 9.26. The van der Waals surface area contributed by atoms with Gasteiger partial charge in [0.05, 0.1) is 28.4 Å². The lowest BCUT2D eigenvalue weighted by atomic mass is 9.31. The van der Waals surface area contributed by atoms with Gasteiger partial charge < -0.3 is 18.9 Å². The Morgan fingerprint density at radius 2 is 0.560 bits per heavy atom. The molecular weight excluding hydrogens is 617 g/mol. The van der Waals surface area contributed by atoms with Crippen LogP contribution < -0.4 is 18.9 Å². The lowest BCUT2D eigenvalue weighted by molar-refractivity contribution is -0.0702. The van der Waals surface area contributed by atoms with E-state index in [1.54, 1.807) is 28.4 Å². The van der Waals surface area contributed by atoms with Crippen LogP contribution in [0.4, 0.5) is 0 Å². The van der Waals surface area contributed by atoms with Crippen molar-refractivity contribution < 1.29 is 18.9 Å². The summed E-state index contributed by atoms with van der Waals surface area (Å²) in [4.78, 5) is 0. The summed E-state index contributed by atoms with van der Waals surface area (Å²) in [6, 6.07) is 27.9. The number of methoxy groups -OCH3 is 4. The van der Waals surface area contributed by atoms with Gasteiger partial charge in [0.15, 0.2) is 0 Å². The lowest BCUT2D eigenvalue weighted by Gasteiger charge is -2.72. The third-order valence-electron chi connectivity index (χ3n) is 13.1. The third kappa shape index (κ3) is 5.31. The molecule has 4 aromatic carbocycles. The van der Waals surface area contributed by atoms with E-state index in [2.05, 4.69) is 100 Å². The second kappa shape index (κ2) is 13.0. The molecule has 4 heteroatoms. The van der Waals surface area contributed by atoms with E-state index in [-0.39, 0.29) is 21.7 Å². The summed E-state index contributed by atoms with van der Waals surface area (Å²) in [5, 5.41) is 0. The molecule has 0 aromatic heterocycles. The van der Waals surface area contributed by atoms with Crippen LogP contribution >= 0.6 is 0 Å². The van der Waals surface area contributed by atoms with Crippen molar-refractivity contribution in [2.24, 2.45) is 0 Å². The van der Waals surface area contributed by atoms with E-state index in [1.165, 1.54) is 44.5 Å². The number of aryl methyl sites for hydroxylation is 4. The van der Waals surface area contributed by atoms with Gasteiger partial charge in [-0.3, -0.25) is 0 Å². The molecule has 8 rings (SSSR count). The van der Waals surface area contributed by atoms with E-state index in [4.69, 9.17) is 18.9 Å². The Kier molecular flexibility index (Phi) is 8.98. The average Bonchev–Trinajstić information content (AvgIpc) is 3.16. The Labute approximate surface area is 300 Å². The summed E-state index contributed by atoms with van der Waals surface area (Å²) in [5.41, 5.74) is 11.7. The van der Waals surface area contributed by atoms with E-state index < -0.39 is 0 Å². The molecule has 0 radical (unpaired) electrons. The Hall–Kier alpha value is -3.92. The van der Waals surface area contributed by atoms with Crippen LogP contribution in [0.3, 0.4) is 0 Å². The van der Waals surface area contributed by atoms with Gasteiger partial charge in [-0.25, -0.2) is 0 Å². The third-order valence-corrected chi connectivity index (χ3v) is 13.1. The van der Waals surface area contributed by atoms with Gasteiger partial charge in [-0.1, -0.05) is 52.0 Å². The largest absolute Gasteiger partial charge is 0.497 e. The molecule has 0 heterocycles. The fourth-order valence-electron chi connectivity index (χ4n) is 11.8. The molecule has 0 N–H and O–H groups in total. The first-order chi connectivity index (χ1) is 24.2. The number of benzene rings is 4. The standard InChI is InChI=1S/C46H56O4/c1-9-31-21-35(47-5)13-17-39(31)43-25-44(40-18-14-36(48-6)22-32(40)10-2)28-45(26-43,41-19-15-37(49-7)23-33(41)11-3)30-46(27-43,29-44)42-20-16-38(50-8)24-34(42)12-4/h13-24H,9-12,25-30H2,1-8H3. The monoisotopic (exact) mass is 672 g/mol. The van der Waals surface area contributed by atoms with Gasteiger partial charge in [0.2, 0.25) is 0 Å². The van der Waals surface area contributed by atoms with Crippen molar-refractivity contribution in [1.29, 1.82) is 0 Å². The molecule has 264 valence electrons. The Balaban J connectivity index is 1.59. The van der Waals surface area contributed by atoms with Crippen molar-refractivity contribution in [2.75, 3.05) is 28.4 Å². The van der Waals surface area contributed by atoms with Crippen LogP contribution in [0, 0.1) is 0 Å². The fraction of sp³-hybridized carbons (Fsp3) is 0.478. The molecule has 0 aliphatic heterocycles. The van der Waals surface area contributed by atoms with E-state index in [9.17, 15) is 0 Å². The van der Waals surface area contributed by atoms with E-state index in [0.29, 0.717) is 0 Å². The predicted octanol–water partition coefficient (Wildman–Crippen LogP) is 10.4. The zero-order valence-electron chi connectivity index (χ0n) is 31.6. The van der Waals surface area contributed by atoms with Crippen LogP contribution in [0.2, 0.25) is 0 Å². The van der Waals surface area contributed by atoms with Crippen molar-refractivity contribution in [3.8, 4) is 23.0 Å². The average molecular weight is 673 g/mol. The minimum atomic E-state index is -0.0207. The number of rotatable bonds is 12. The van der Waals surface area contributed by atoms with Gasteiger partial charge in [0, 0.05) is 0 Å². The van der Waals surface area contributed by atoms with E-state index in [1.807, 2.05) is 0 Å². The van der Waals surface area contributed by atoms with Gasteiger partial charge in [-0.2, -0.15) is 0 Å². The molecule has 0 unspecified atom stereocenters. The van der Waals surface area contributed by atoms with Crippen molar-refractivity contribution >= 4 is 0 Å². The summed E-state index contributed by atoms with van der Waals surface area (Å²) < 4.78 is 23.3. The predicted molar refractivity (Wildman–Crippen MR) is 204 cm³/mol. The molecule has 4 bridgehead atoms. The number of hydrogen-bond acceptors (Lipinski definition) is 4. The van der Waals surface area contributed by atoms with Crippen molar-refractivity contribution in [2.45, 2.75) is 114 Å². The van der Waals surface area contributed by atoms with E-state index in [0.717, 1.165) is 87.2 Å². The van der Waals surface area contributed by atoms with Gasteiger partial charge in [-0.05, 0) is 179 Å². The highest BCUT2D eigenvalue weighted by Crippen LogP contribution is 2.75. The van der Waals surface area contributed by atoms with Crippen LogP contribution in [-0.2, 0) is 47.3 Å². The SMILES string of the molecule is CCc1cc(OC)ccc1C12CC3(c4ccc(OC)cc4CC)CC(c4ccc(OC)cc4CC)(C1)CC(c1ccc(OC)cc1CC)(C2)C3. The molecule has 0 amide bonds. The van der Waals surface area contributed by atoms with Crippen LogP contribution in [0.1, 0.15) is 111 Å². The highest BCUT2D eigenvalue weighted by molar-refractivity contribution is 5.56. The first-order valence-electron chi connectivity index (χ1n) is 18.9. The quantitative estimate of drug-likeness (QED) is 0.150. The fourth-order valence-corrected chi connectivity index (χ4v) is 11.8. The normalized spacial score (nSPS) is 26.6. The molecule has 0 spiro atoms. The van der Waals surface area contributed by atoms with Gasteiger partial charge >= 0.3 is 0 Å². The summed E-state index contributed by atoms with van der Waals surface area (Å²) in [5.74, 6) is 3.80. The summed E-state index contributed by atoms with van der Waals surface area (Å²) in [7, 11) is 7.17. The molecule has 4 aliphatic carbocycles. The maximum absolute atomic E-state index is 5.82. The van der Waals surface area contributed by atoms with Crippen molar-refractivity contribution in [1.82, 2.24) is 0 Å². The summed E-state index contributed by atoms with van der Waals surface area (Å²) >= 11 is 0. The van der Waals surface area contributed by atoms with Crippen LogP contribution in [0.15, 0.2) is 72.8 Å². The molecule has 4 nitrogen and oxygen atoms in total. The molecule has 50 heavy (non-hydrogen) atoms. The molecular formula is C46H56O4. The molecule has 0 saturated heterocycles. The Morgan fingerprint density at radius 1 is 0.360 bits per heavy atom. The number of ether oxygens (including phenoxy) is 4. The maximum atomic E-state index is 5.82. The van der Waals surface area contributed by atoms with Crippen molar-refractivity contribution in [3.05, 3.63) is 117 Å². The molecule has 4 fully saturated rings.